The highest BCUT2D eigenvalue weighted by molar-refractivity contribution is 5.87. The summed E-state index contributed by atoms with van der Waals surface area (Å²) in [5.74, 6) is -2.68. The average molecular weight is 292 g/mol. The SMILES string of the molecule is O=C(O)[C@H](Cc1ccccc1)NN1C(=O)CC[C@H]1C(=O)O. The fourth-order valence-electron chi connectivity index (χ4n) is 2.29. The molecule has 1 aliphatic heterocycles. The van der Waals surface area contributed by atoms with Gasteiger partial charge in [-0.15, -0.1) is 0 Å². The summed E-state index contributed by atoms with van der Waals surface area (Å²) in [5, 5.41) is 19.3. The topological polar surface area (TPSA) is 107 Å². The molecule has 0 radical (unpaired) electrons. The molecule has 0 bridgehead atoms. The third-order valence-corrected chi connectivity index (χ3v) is 3.37. The monoisotopic (exact) mass is 292 g/mol. The minimum atomic E-state index is -1.14. The molecule has 1 aromatic carbocycles. The van der Waals surface area contributed by atoms with Gasteiger partial charge in [0.2, 0.25) is 5.91 Å². The Labute approximate surface area is 121 Å². The molecule has 0 aromatic heterocycles. The van der Waals surface area contributed by atoms with Crippen LogP contribution in [0.4, 0.5) is 0 Å². The highest BCUT2D eigenvalue weighted by atomic mass is 16.4. The highest BCUT2D eigenvalue weighted by Gasteiger charge is 2.38. The van der Waals surface area contributed by atoms with E-state index < -0.39 is 29.9 Å². The molecule has 1 fully saturated rings. The number of rotatable bonds is 6. The van der Waals surface area contributed by atoms with E-state index in [-0.39, 0.29) is 19.3 Å². The minimum absolute atomic E-state index is 0.0989. The number of hydrogen-bond donors (Lipinski definition) is 3. The third-order valence-electron chi connectivity index (χ3n) is 3.37. The number of carbonyl (C=O) groups is 3. The lowest BCUT2D eigenvalue weighted by Gasteiger charge is -2.26. The second kappa shape index (κ2) is 6.36. The van der Waals surface area contributed by atoms with Crippen molar-refractivity contribution in [3.8, 4) is 0 Å². The van der Waals surface area contributed by atoms with Crippen molar-refractivity contribution in [2.45, 2.75) is 31.3 Å². The van der Waals surface area contributed by atoms with Crippen LogP contribution in [0.15, 0.2) is 30.3 Å². The number of benzene rings is 1. The summed E-state index contributed by atoms with van der Waals surface area (Å²) >= 11 is 0. The van der Waals surface area contributed by atoms with Gasteiger partial charge >= 0.3 is 11.9 Å². The molecular weight excluding hydrogens is 276 g/mol. The molecule has 0 saturated carbocycles. The van der Waals surface area contributed by atoms with Gasteiger partial charge in [-0.1, -0.05) is 30.3 Å². The Bertz CT molecular complexity index is 546. The maximum Gasteiger partial charge on any atom is 0.328 e. The maximum absolute atomic E-state index is 11.7. The van der Waals surface area contributed by atoms with Crippen LogP contribution in [-0.2, 0) is 20.8 Å². The predicted octanol–water partition coefficient (Wildman–Crippen LogP) is 0.262. The third kappa shape index (κ3) is 3.57. The van der Waals surface area contributed by atoms with Crippen molar-refractivity contribution in [2.24, 2.45) is 0 Å². The molecule has 21 heavy (non-hydrogen) atoms. The molecule has 0 aliphatic carbocycles. The molecule has 7 nitrogen and oxygen atoms in total. The van der Waals surface area contributed by atoms with E-state index in [2.05, 4.69) is 5.43 Å². The minimum Gasteiger partial charge on any atom is -0.480 e. The van der Waals surface area contributed by atoms with Gasteiger partial charge in [0.05, 0.1) is 0 Å². The van der Waals surface area contributed by atoms with Crippen molar-refractivity contribution in [2.75, 3.05) is 0 Å². The molecule has 0 unspecified atom stereocenters. The highest BCUT2D eigenvalue weighted by Crippen LogP contribution is 2.17. The molecule has 1 heterocycles. The Morgan fingerprint density at radius 1 is 1.29 bits per heavy atom. The van der Waals surface area contributed by atoms with Gasteiger partial charge in [-0.2, -0.15) is 0 Å². The van der Waals surface area contributed by atoms with Gasteiger partial charge in [-0.05, 0) is 12.0 Å². The van der Waals surface area contributed by atoms with Crippen LogP contribution >= 0.6 is 0 Å². The Kier molecular flexibility index (Phi) is 4.54. The van der Waals surface area contributed by atoms with Crippen LogP contribution in [0.3, 0.4) is 0 Å². The number of nitrogens with zero attached hydrogens (tertiary/aromatic N) is 1. The van der Waals surface area contributed by atoms with Crippen molar-refractivity contribution in [1.29, 1.82) is 0 Å². The molecule has 2 atom stereocenters. The normalized spacial score (nSPS) is 19.5. The zero-order valence-electron chi connectivity index (χ0n) is 11.2. The molecule has 1 aliphatic rings. The fourth-order valence-corrected chi connectivity index (χ4v) is 2.29. The number of amides is 1. The van der Waals surface area contributed by atoms with Crippen LogP contribution in [0.25, 0.3) is 0 Å². The van der Waals surface area contributed by atoms with Gasteiger partial charge in [0.25, 0.3) is 0 Å². The maximum atomic E-state index is 11.7. The predicted molar refractivity (Wildman–Crippen MR) is 72.2 cm³/mol. The Balaban J connectivity index is 2.10. The van der Waals surface area contributed by atoms with Crippen molar-refractivity contribution in [1.82, 2.24) is 10.4 Å². The Morgan fingerprint density at radius 3 is 2.52 bits per heavy atom. The molecule has 112 valence electrons. The zero-order chi connectivity index (χ0) is 15.4. The Morgan fingerprint density at radius 2 is 1.95 bits per heavy atom. The number of hydrogen-bond acceptors (Lipinski definition) is 4. The van der Waals surface area contributed by atoms with Crippen LogP contribution in [0.1, 0.15) is 18.4 Å². The average Bonchev–Trinajstić information content (AvgIpc) is 2.80. The summed E-state index contributed by atoms with van der Waals surface area (Å²) in [6, 6.07) is 6.87. The van der Waals surface area contributed by atoms with Gasteiger partial charge in [0.15, 0.2) is 0 Å². The van der Waals surface area contributed by atoms with E-state index in [4.69, 9.17) is 5.11 Å². The number of carboxylic acids is 2. The lowest BCUT2D eigenvalue weighted by molar-refractivity contribution is -0.152. The van der Waals surface area contributed by atoms with E-state index in [1.807, 2.05) is 6.07 Å². The van der Waals surface area contributed by atoms with E-state index in [0.717, 1.165) is 10.6 Å². The van der Waals surface area contributed by atoms with Gasteiger partial charge in [0.1, 0.15) is 12.1 Å². The van der Waals surface area contributed by atoms with Crippen molar-refractivity contribution >= 4 is 17.8 Å². The van der Waals surface area contributed by atoms with E-state index in [0.29, 0.717) is 0 Å². The summed E-state index contributed by atoms with van der Waals surface area (Å²) in [5.41, 5.74) is 3.34. The number of carbonyl (C=O) groups excluding carboxylic acids is 1. The standard InChI is InChI=1S/C14H16N2O5/c17-12-7-6-11(14(20)21)16(12)15-10(13(18)19)8-9-4-2-1-3-5-9/h1-5,10-11,15H,6-8H2,(H,18,19)(H,20,21)/t10-,11-/m0/s1. The first kappa shape index (κ1) is 15.0. The van der Waals surface area contributed by atoms with Crippen molar-refractivity contribution in [3.63, 3.8) is 0 Å². The number of nitrogens with one attached hydrogen (secondary N) is 1. The number of hydrazine groups is 1. The molecule has 7 heteroatoms. The van der Waals surface area contributed by atoms with E-state index in [1.165, 1.54) is 0 Å². The second-order valence-electron chi connectivity index (χ2n) is 4.87. The number of carboxylic acid groups (broad SMARTS) is 2. The van der Waals surface area contributed by atoms with Gasteiger partial charge in [0, 0.05) is 12.8 Å². The fraction of sp³-hybridized carbons (Fsp3) is 0.357. The first-order valence-electron chi connectivity index (χ1n) is 6.57. The lowest BCUT2D eigenvalue weighted by atomic mass is 10.1. The van der Waals surface area contributed by atoms with Gasteiger partial charge in [-0.3, -0.25) is 14.6 Å². The summed E-state index contributed by atoms with van der Waals surface area (Å²) in [6.45, 7) is 0. The molecule has 1 amide bonds. The van der Waals surface area contributed by atoms with Crippen LogP contribution in [0, 0.1) is 0 Å². The summed E-state index contributed by atoms with van der Waals surface area (Å²) in [4.78, 5) is 34.1. The molecule has 1 saturated heterocycles. The van der Waals surface area contributed by atoms with E-state index in [9.17, 15) is 19.5 Å². The summed E-state index contributed by atoms with van der Waals surface area (Å²) in [6.07, 6.45) is 0.437. The summed E-state index contributed by atoms with van der Waals surface area (Å²) < 4.78 is 0. The van der Waals surface area contributed by atoms with Crippen molar-refractivity contribution in [3.05, 3.63) is 35.9 Å². The molecule has 2 rings (SSSR count). The number of aliphatic carboxylic acids is 2. The zero-order valence-corrected chi connectivity index (χ0v) is 11.2. The molecule has 3 N–H and O–H groups in total. The molecule has 1 aromatic rings. The van der Waals surface area contributed by atoms with Crippen LogP contribution in [0.5, 0.6) is 0 Å². The van der Waals surface area contributed by atoms with Crippen LogP contribution < -0.4 is 5.43 Å². The quantitative estimate of drug-likeness (QED) is 0.694. The second-order valence-corrected chi connectivity index (χ2v) is 4.87. The van der Waals surface area contributed by atoms with E-state index >= 15 is 0 Å². The first-order chi connectivity index (χ1) is 9.99. The lowest BCUT2D eigenvalue weighted by Crippen LogP contribution is -2.55. The Hall–Kier alpha value is -2.41. The van der Waals surface area contributed by atoms with E-state index in [1.54, 1.807) is 24.3 Å². The molecule has 0 spiro atoms. The van der Waals surface area contributed by atoms with Crippen molar-refractivity contribution < 1.29 is 24.6 Å². The van der Waals surface area contributed by atoms with Gasteiger partial charge < -0.3 is 10.2 Å². The largest absolute Gasteiger partial charge is 0.480 e. The van der Waals surface area contributed by atoms with Gasteiger partial charge in [-0.25, -0.2) is 10.2 Å². The van der Waals surface area contributed by atoms with Crippen LogP contribution in [0.2, 0.25) is 0 Å². The first-order valence-corrected chi connectivity index (χ1v) is 6.57. The smallest absolute Gasteiger partial charge is 0.328 e. The molecular formula is C14H16N2O5. The summed E-state index contributed by atoms with van der Waals surface area (Å²) in [7, 11) is 0. The van der Waals surface area contributed by atoms with Crippen LogP contribution in [-0.4, -0.2) is 45.2 Å².